The Labute approximate surface area is 146 Å². The standard InChI is InChI=1S/C18H36N2O4/c1-5-7-9-11-13(3)19-17(23)15(21)16(22)18(24)20-14(4)12-10-8-6-2/h13-16,21-22H,5-12H2,1-4H3,(H,19,23)(H,20,24)/t13?,14?,15-,16-/m1/s1. The number of unbranched alkanes of at least 4 members (excludes halogenated alkanes) is 4. The van der Waals surface area contributed by atoms with E-state index >= 15 is 0 Å². The van der Waals surface area contributed by atoms with Crippen LogP contribution in [0.25, 0.3) is 0 Å². The maximum absolute atomic E-state index is 11.9. The van der Waals surface area contributed by atoms with E-state index in [-0.39, 0.29) is 12.1 Å². The summed E-state index contributed by atoms with van der Waals surface area (Å²) < 4.78 is 0. The molecule has 0 spiro atoms. The van der Waals surface area contributed by atoms with Gasteiger partial charge in [0.05, 0.1) is 0 Å². The summed E-state index contributed by atoms with van der Waals surface area (Å²) in [5.74, 6) is -1.42. The van der Waals surface area contributed by atoms with Crippen molar-refractivity contribution in [1.82, 2.24) is 10.6 Å². The molecule has 0 bridgehead atoms. The first kappa shape index (κ1) is 22.9. The SMILES string of the molecule is CCCCCC(C)NC(=O)[C@H](O)[C@@H](O)C(=O)NC(C)CCCCC. The Morgan fingerprint density at radius 2 is 1.08 bits per heavy atom. The predicted octanol–water partition coefficient (Wildman–Crippen LogP) is 1.88. The van der Waals surface area contributed by atoms with E-state index in [9.17, 15) is 19.8 Å². The van der Waals surface area contributed by atoms with Crippen molar-refractivity contribution in [2.75, 3.05) is 0 Å². The number of amides is 2. The zero-order valence-electron chi connectivity index (χ0n) is 15.7. The third-order valence-corrected chi connectivity index (χ3v) is 4.10. The first-order chi connectivity index (χ1) is 11.3. The van der Waals surface area contributed by atoms with Gasteiger partial charge in [-0.15, -0.1) is 0 Å². The van der Waals surface area contributed by atoms with Gasteiger partial charge >= 0.3 is 0 Å². The van der Waals surface area contributed by atoms with Crippen molar-refractivity contribution in [1.29, 1.82) is 0 Å². The number of rotatable bonds is 13. The number of carbonyl (C=O) groups excluding carboxylic acids is 2. The molecule has 0 rings (SSSR count). The fourth-order valence-corrected chi connectivity index (χ4v) is 2.49. The molecular formula is C18H36N2O4. The number of carbonyl (C=O) groups is 2. The number of nitrogens with one attached hydrogen (secondary N) is 2. The van der Waals surface area contributed by atoms with Crippen molar-refractivity contribution in [3.8, 4) is 0 Å². The molecule has 0 aliphatic carbocycles. The van der Waals surface area contributed by atoms with E-state index in [1.165, 1.54) is 0 Å². The molecule has 0 aromatic heterocycles. The third-order valence-electron chi connectivity index (χ3n) is 4.10. The molecule has 0 saturated heterocycles. The quantitative estimate of drug-likeness (QED) is 0.383. The largest absolute Gasteiger partial charge is 0.380 e. The van der Waals surface area contributed by atoms with Crippen LogP contribution in [0.4, 0.5) is 0 Å². The second-order valence-electron chi connectivity index (χ2n) is 6.70. The highest BCUT2D eigenvalue weighted by molar-refractivity contribution is 5.90. The monoisotopic (exact) mass is 344 g/mol. The Bertz CT molecular complexity index is 329. The Kier molecular flexibility index (Phi) is 12.6. The second-order valence-corrected chi connectivity index (χ2v) is 6.70. The van der Waals surface area contributed by atoms with Gasteiger partial charge in [0.1, 0.15) is 0 Å². The summed E-state index contributed by atoms with van der Waals surface area (Å²) >= 11 is 0. The molecule has 0 aromatic rings. The maximum Gasteiger partial charge on any atom is 0.252 e. The Morgan fingerprint density at radius 3 is 1.38 bits per heavy atom. The Balaban J connectivity index is 4.24. The van der Waals surface area contributed by atoms with Crippen molar-refractivity contribution in [2.45, 2.75) is 103 Å². The van der Waals surface area contributed by atoms with Gasteiger partial charge in [-0.2, -0.15) is 0 Å². The van der Waals surface area contributed by atoms with Crippen LogP contribution in [-0.2, 0) is 9.59 Å². The van der Waals surface area contributed by atoms with E-state index in [4.69, 9.17) is 0 Å². The molecule has 4 atom stereocenters. The summed E-state index contributed by atoms with van der Waals surface area (Å²) in [6.45, 7) is 7.90. The number of aliphatic hydroxyl groups is 2. The maximum atomic E-state index is 11.9. The van der Waals surface area contributed by atoms with Crippen LogP contribution in [0.3, 0.4) is 0 Å². The summed E-state index contributed by atoms with van der Waals surface area (Å²) in [5, 5.41) is 25.0. The van der Waals surface area contributed by atoms with Crippen LogP contribution in [-0.4, -0.2) is 46.3 Å². The smallest absolute Gasteiger partial charge is 0.252 e. The minimum atomic E-state index is -1.75. The molecule has 24 heavy (non-hydrogen) atoms. The van der Waals surface area contributed by atoms with Crippen molar-refractivity contribution in [2.24, 2.45) is 0 Å². The fraction of sp³-hybridized carbons (Fsp3) is 0.889. The fourth-order valence-electron chi connectivity index (χ4n) is 2.49. The van der Waals surface area contributed by atoms with E-state index in [1.807, 2.05) is 13.8 Å². The van der Waals surface area contributed by atoms with Crippen LogP contribution in [0, 0.1) is 0 Å². The lowest BCUT2D eigenvalue weighted by Crippen LogP contribution is -2.52. The van der Waals surface area contributed by atoms with Crippen molar-refractivity contribution < 1.29 is 19.8 Å². The lowest BCUT2D eigenvalue weighted by atomic mass is 10.1. The topological polar surface area (TPSA) is 98.7 Å². The van der Waals surface area contributed by atoms with Crippen LogP contribution < -0.4 is 10.6 Å². The zero-order chi connectivity index (χ0) is 18.5. The lowest BCUT2D eigenvalue weighted by Gasteiger charge is -2.22. The predicted molar refractivity (Wildman–Crippen MR) is 95.5 cm³/mol. The van der Waals surface area contributed by atoms with Gasteiger partial charge in [0.2, 0.25) is 0 Å². The molecule has 0 aliphatic heterocycles. The molecule has 6 nitrogen and oxygen atoms in total. The van der Waals surface area contributed by atoms with Crippen molar-refractivity contribution in [3.05, 3.63) is 0 Å². The first-order valence-corrected chi connectivity index (χ1v) is 9.30. The van der Waals surface area contributed by atoms with Crippen LogP contribution in [0.5, 0.6) is 0 Å². The summed E-state index contributed by atoms with van der Waals surface area (Å²) in [6, 6.07) is -0.191. The molecule has 0 aliphatic rings. The highest BCUT2D eigenvalue weighted by Gasteiger charge is 2.31. The highest BCUT2D eigenvalue weighted by Crippen LogP contribution is 2.06. The van der Waals surface area contributed by atoms with E-state index in [1.54, 1.807) is 0 Å². The zero-order valence-corrected chi connectivity index (χ0v) is 15.7. The van der Waals surface area contributed by atoms with E-state index in [2.05, 4.69) is 24.5 Å². The first-order valence-electron chi connectivity index (χ1n) is 9.30. The molecule has 2 amide bonds. The lowest BCUT2D eigenvalue weighted by molar-refractivity contribution is -0.146. The average Bonchev–Trinajstić information content (AvgIpc) is 2.53. The molecule has 0 radical (unpaired) electrons. The van der Waals surface area contributed by atoms with Gasteiger partial charge in [-0.05, 0) is 26.7 Å². The van der Waals surface area contributed by atoms with Gasteiger partial charge in [-0.3, -0.25) is 9.59 Å². The van der Waals surface area contributed by atoms with Gasteiger partial charge < -0.3 is 20.8 Å². The summed E-state index contributed by atoms with van der Waals surface area (Å²) in [4.78, 5) is 23.9. The van der Waals surface area contributed by atoms with Gasteiger partial charge in [-0.1, -0.05) is 52.4 Å². The van der Waals surface area contributed by atoms with Crippen LogP contribution in [0.15, 0.2) is 0 Å². The summed E-state index contributed by atoms with van der Waals surface area (Å²) in [7, 11) is 0. The molecule has 0 fully saturated rings. The molecule has 142 valence electrons. The van der Waals surface area contributed by atoms with Gasteiger partial charge in [0.15, 0.2) is 12.2 Å². The van der Waals surface area contributed by atoms with Crippen LogP contribution in [0.1, 0.15) is 79.1 Å². The Hall–Kier alpha value is -1.14. The van der Waals surface area contributed by atoms with Gasteiger partial charge in [0.25, 0.3) is 11.8 Å². The Morgan fingerprint density at radius 1 is 0.750 bits per heavy atom. The van der Waals surface area contributed by atoms with E-state index < -0.39 is 24.0 Å². The number of hydrogen-bond acceptors (Lipinski definition) is 4. The van der Waals surface area contributed by atoms with Gasteiger partial charge in [-0.25, -0.2) is 0 Å². The molecule has 6 heteroatoms. The molecule has 0 aromatic carbocycles. The third kappa shape index (κ3) is 9.88. The van der Waals surface area contributed by atoms with Gasteiger partial charge in [0, 0.05) is 12.1 Å². The summed E-state index contributed by atoms with van der Waals surface area (Å²) in [6.07, 6.45) is 4.47. The van der Waals surface area contributed by atoms with E-state index in [0.717, 1.165) is 51.4 Å². The van der Waals surface area contributed by atoms with Crippen LogP contribution in [0.2, 0.25) is 0 Å². The summed E-state index contributed by atoms with van der Waals surface area (Å²) in [5.41, 5.74) is 0. The van der Waals surface area contributed by atoms with E-state index in [0.29, 0.717) is 0 Å². The highest BCUT2D eigenvalue weighted by atomic mass is 16.3. The number of hydrogen-bond donors (Lipinski definition) is 4. The minimum absolute atomic E-state index is 0.0954. The van der Waals surface area contributed by atoms with Crippen molar-refractivity contribution >= 4 is 11.8 Å². The second kappa shape index (κ2) is 13.2. The van der Waals surface area contributed by atoms with Crippen LogP contribution >= 0.6 is 0 Å². The average molecular weight is 344 g/mol. The molecule has 4 N–H and O–H groups in total. The molecule has 0 heterocycles. The number of aliphatic hydroxyl groups excluding tert-OH is 2. The molecular weight excluding hydrogens is 308 g/mol. The minimum Gasteiger partial charge on any atom is -0.380 e. The van der Waals surface area contributed by atoms with Crippen molar-refractivity contribution in [3.63, 3.8) is 0 Å². The molecule has 2 unspecified atom stereocenters. The normalized spacial score (nSPS) is 16.1. The molecule has 0 saturated carbocycles.